The molecule has 0 aliphatic heterocycles. The minimum absolute atomic E-state index is 0.229. The molecule has 0 aromatic heterocycles. The number of nitrogens with one attached hydrogen (secondary N) is 1. The first-order valence-corrected chi connectivity index (χ1v) is 5.66. The topological polar surface area (TPSA) is 55.4 Å². The van der Waals surface area contributed by atoms with Crippen molar-refractivity contribution in [2.45, 2.75) is 18.9 Å². The lowest BCUT2D eigenvalue weighted by Crippen LogP contribution is -2.43. The summed E-state index contributed by atoms with van der Waals surface area (Å²) in [4.78, 5) is 23.4. The molecule has 90 valence electrons. The lowest BCUT2D eigenvalue weighted by Gasteiger charge is -2.15. The van der Waals surface area contributed by atoms with Gasteiger partial charge in [0.05, 0.1) is 7.11 Å². The van der Waals surface area contributed by atoms with Crippen LogP contribution in [0.15, 0.2) is 30.3 Å². The SMILES string of the molecule is COC(=O)C(NC(=O)c1ccccc1)C1CC1. The van der Waals surface area contributed by atoms with Crippen molar-refractivity contribution in [3.05, 3.63) is 35.9 Å². The van der Waals surface area contributed by atoms with Crippen LogP contribution in [0.3, 0.4) is 0 Å². The van der Waals surface area contributed by atoms with Crippen LogP contribution in [0.4, 0.5) is 0 Å². The van der Waals surface area contributed by atoms with Crippen LogP contribution in [0, 0.1) is 5.92 Å². The molecule has 2 rings (SSSR count). The summed E-state index contributed by atoms with van der Waals surface area (Å²) in [6, 6.07) is 8.36. The maximum atomic E-state index is 11.9. The number of hydrogen-bond donors (Lipinski definition) is 1. The third kappa shape index (κ3) is 2.84. The lowest BCUT2D eigenvalue weighted by molar-refractivity contribution is -0.143. The second-order valence-electron chi connectivity index (χ2n) is 4.18. The molecule has 4 heteroatoms. The van der Waals surface area contributed by atoms with E-state index in [1.165, 1.54) is 7.11 Å². The Morgan fingerprint density at radius 2 is 1.94 bits per heavy atom. The Morgan fingerprint density at radius 3 is 2.47 bits per heavy atom. The standard InChI is InChI=1S/C13H15NO3/c1-17-13(16)11(9-7-8-9)14-12(15)10-5-3-2-4-6-10/h2-6,9,11H,7-8H2,1H3,(H,14,15). The van der Waals surface area contributed by atoms with Crippen molar-refractivity contribution < 1.29 is 14.3 Å². The fourth-order valence-corrected chi connectivity index (χ4v) is 1.74. The van der Waals surface area contributed by atoms with Gasteiger partial charge in [-0.15, -0.1) is 0 Å². The first-order chi connectivity index (χ1) is 8.22. The number of carbonyl (C=O) groups is 2. The summed E-state index contributed by atoms with van der Waals surface area (Å²) in [6.07, 6.45) is 1.93. The molecule has 0 bridgehead atoms. The van der Waals surface area contributed by atoms with E-state index in [-0.39, 0.29) is 17.8 Å². The number of ether oxygens (including phenoxy) is 1. The van der Waals surface area contributed by atoms with Gasteiger partial charge in [0.1, 0.15) is 6.04 Å². The Bertz CT molecular complexity index is 412. The van der Waals surface area contributed by atoms with Crippen molar-refractivity contribution in [2.24, 2.45) is 5.92 Å². The Hall–Kier alpha value is -1.84. The monoisotopic (exact) mass is 233 g/mol. The van der Waals surface area contributed by atoms with Gasteiger partial charge in [0.25, 0.3) is 5.91 Å². The zero-order valence-electron chi connectivity index (χ0n) is 9.68. The molecule has 1 aromatic rings. The highest BCUT2D eigenvalue weighted by atomic mass is 16.5. The molecule has 1 fully saturated rings. The number of hydrogen-bond acceptors (Lipinski definition) is 3. The average molecular weight is 233 g/mol. The van der Waals surface area contributed by atoms with E-state index in [0.29, 0.717) is 5.56 Å². The van der Waals surface area contributed by atoms with E-state index in [0.717, 1.165) is 12.8 Å². The van der Waals surface area contributed by atoms with E-state index < -0.39 is 6.04 Å². The third-order valence-electron chi connectivity index (χ3n) is 2.87. The fraction of sp³-hybridized carbons (Fsp3) is 0.385. The Kier molecular flexibility index (Phi) is 3.42. The second kappa shape index (κ2) is 4.99. The highest BCUT2D eigenvalue weighted by Gasteiger charge is 2.38. The van der Waals surface area contributed by atoms with Gasteiger partial charge in [-0.05, 0) is 30.9 Å². The minimum atomic E-state index is -0.507. The summed E-state index contributed by atoms with van der Waals surface area (Å²) < 4.78 is 4.70. The van der Waals surface area contributed by atoms with Crippen molar-refractivity contribution in [3.8, 4) is 0 Å². The highest BCUT2D eigenvalue weighted by molar-refractivity contribution is 5.96. The summed E-state index contributed by atoms with van der Waals surface area (Å²) in [5.41, 5.74) is 0.557. The van der Waals surface area contributed by atoms with Gasteiger partial charge in [-0.1, -0.05) is 18.2 Å². The maximum absolute atomic E-state index is 11.9. The van der Waals surface area contributed by atoms with Crippen LogP contribution in [0.1, 0.15) is 23.2 Å². The molecule has 1 aromatic carbocycles. The number of benzene rings is 1. The summed E-state index contributed by atoms with van der Waals surface area (Å²) in [7, 11) is 1.34. The predicted octanol–water partition coefficient (Wildman–Crippen LogP) is 1.37. The zero-order chi connectivity index (χ0) is 12.3. The van der Waals surface area contributed by atoms with Crippen LogP contribution < -0.4 is 5.32 Å². The molecular weight excluding hydrogens is 218 g/mol. The highest BCUT2D eigenvalue weighted by Crippen LogP contribution is 2.33. The maximum Gasteiger partial charge on any atom is 0.328 e. The van der Waals surface area contributed by atoms with Gasteiger partial charge in [0.2, 0.25) is 0 Å². The van der Waals surface area contributed by atoms with E-state index >= 15 is 0 Å². The van der Waals surface area contributed by atoms with E-state index in [2.05, 4.69) is 5.32 Å². The summed E-state index contributed by atoms with van der Waals surface area (Å²) in [5.74, 6) is -0.361. The average Bonchev–Trinajstić information content (AvgIpc) is 3.20. The third-order valence-corrected chi connectivity index (χ3v) is 2.87. The first-order valence-electron chi connectivity index (χ1n) is 5.66. The normalized spacial score (nSPS) is 16.1. The largest absolute Gasteiger partial charge is 0.467 e. The van der Waals surface area contributed by atoms with Crippen molar-refractivity contribution in [2.75, 3.05) is 7.11 Å². The van der Waals surface area contributed by atoms with E-state index in [9.17, 15) is 9.59 Å². The van der Waals surface area contributed by atoms with Gasteiger partial charge in [0.15, 0.2) is 0 Å². The molecular formula is C13H15NO3. The Balaban J connectivity index is 2.03. The molecule has 0 heterocycles. The summed E-state index contributed by atoms with van der Waals surface area (Å²) >= 11 is 0. The van der Waals surface area contributed by atoms with Gasteiger partial charge in [0, 0.05) is 5.56 Å². The molecule has 1 amide bonds. The van der Waals surface area contributed by atoms with Crippen LogP contribution in [0.5, 0.6) is 0 Å². The molecule has 1 aliphatic carbocycles. The van der Waals surface area contributed by atoms with Crippen molar-refractivity contribution >= 4 is 11.9 Å². The van der Waals surface area contributed by atoms with Gasteiger partial charge in [-0.2, -0.15) is 0 Å². The fourth-order valence-electron chi connectivity index (χ4n) is 1.74. The number of amides is 1. The van der Waals surface area contributed by atoms with Crippen LogP contribution in [-0.2, 0) is 9.53 Å². The van der Waals surface area contributed by atoms with Gasteiger partial charge in [-0.25, -0.2) is 4.79 Å². The molecule has 1 unspecified atom stereocenters. The van der Waals surface area contributed by atoms with E-state index in [4.69, 9.17) is 4.74 Å². The number of methoxy groups -OCH3 is 1. The number of carbonyl (C=O) groups excluding carboxylic acids is 2. The summed E-state index contributed by atoms with van der Waals surface area (Å²) in [6.45, 7) is 0. The van der Waals surface area contributed by atoms with Crippen LogP contribution in [0.2, 0.25) is 0 Å². The zero-order valence-corrected chi connectivity index (χ0v) is 9.68. The molecule has 0 saturated heterocycles. The molecule has 1 saturated carbocycles. The quantitative estimate of drug-likeness (QED) is 0.799. The molecule has 4 nitrogen and oxygen atoms in total. The number of esters is 1. The molecule has 17 heavy (non-hydrogen) atoms. The van der Waals surface area contributed by atoms with Crippen molar-refractivity contribution in [1.29, 1.82) is 0 Å². The van der Waals surface area contributed by atoms with Crippen molar-refractivity contribution in [1.82, 2.24) is 5.32 Å². The lowest BCUT2D eigenvalue weighted by atomic mass is 10.1. The van der Waals surface area contributed by atoms with Crippen molar-refractivity contribution in [3.63, 3.8) is 0 Å². The Morgan fingerprint density at radius 1 is 1.29 bits per heavy atom. The smallest absolute Gasteiger partial charge is 0.328 e. The van der Waals surface area contributed by atoms with Gasteiger partial charge < -0.3 is 10.1 Å². The summed E-state index contributed by atoms with van der Waals surface area (Å²) in [5, 5.41) is 2.73. The second-order valence-corrected chi connectivity index (χ2v) is 4.18. The van der Waals surface area contributed by atoms with E-state index in [1.54, 1.807) is 24.3 Å². The van der Waals surface area contributed by atoms with Crippen LogP contribution in [-0.4, -0.2) is 25.0 Å². The van der Waals surface area contributed by atoms with Gasteiger partial charge in [-0.3, -0.25) is 4.79 Å². The molecule has 1 atom stereocenters. The molecule has 0 radical (unpaired) electrons. The Labute approximate surface area is 100.0 Å². The predicted molar refractivity (Wildman–Crippen MR) is 62.4 cm³/mol. The molecule has 1 N–H and O–H groups in total. The minimum Gasteiger partial charge on any atom is -0.467 e. The van der Waals surface area contributed by atoms with Gasteiger partial charge >= 0.3 is 5.97 Å². The van der Waals surface area contributed by atoms with Crippen LogP contribution >= 0.6 is 0 Å². The van der Waals surface area contributed by atoms with Crippen LogP contribution in [0.25, 0.3) is 0 Å². The molecule has 1 aliphatic rings. The molecule has 0 spiro atoms. The van der Waals surface area contributed by atoms with E-state index in [1.807, 2.05) is 6.07 Å². The number of rotatable bonds is 4. The first kappa shape index (κ1) is 11.6.